The van der Waals surface area contributed by atoms with Crippen molar-refractivity contribution in [1.82, 2.24) is 0 Å². The van der Waals surface area contributed by atoms with E-state index in [4.69, 9.17) is 21.6 Å². The Morgan fingerprint density at radius 1 is 1.33 bits per heavy atom. The minimum Gasteiger partial charge on any atom is -0.489 e. The Bertz CT molecular complexity index is 382. The van der Waals surface area contributed by atoms with E-state index in [2.05, 4.69) is 19.9 Å². The van der Waals surface area contributed by atoms with E-state index in [1.807, 2.05) is 6.92 Å². The maximum Gasteiger partial charge on any atom is 0.137 e. The molecule has 1 atom stereocenters. The van der Waals surface area contributed by atoms with Gasteiger partial charge in [0, 0.05) is 5.02 Å². The van der Waals surface area contributed by atoms with Gasteiger partial charge in [-0.2, -0.15) is 5.26 Å². The Balaban J connectivity index is 2.91. The summed E-state index contributed by atoms with van der Waals surface area (Å²) in [5, 5.41) is 9.46. The van der Waals surface area contributed by atoms with Crippen molar-refractivity contribution in [3.8, 4) is 11.8 Å². The number of rotatable bonds is 3. The molecule has 1 aromatic rings. The molecule has 0 saturated heterocycles. The third kappa shape index (κ3) is 3.14. The predicted molar refractivity (Wildman–Crippen MR) is 61.1 cm³/mol. The summed E-state index contributed by atoms with van der Waals surface area (Å²) in [6.07, 6.45) is 0.0817. The fourth-order valence-electron chi connectivity index (χ4n) is 1.03. The number of hydrogen-bond acceptors (Lipinski definition) is 2. The van der Waals surface area contributed by atoms with E-state index in [9.17, 15) is 0 Å². The highest BCUT2D eigenvalue weighted by molar-refractivity contribution is 6.30. The van der Waals surface area contributed by atoms with Gasteiger partial charge in [0.15, 0.2) is 0 Å². The smallest absolute Gasteiger partial charge is 0.137 e. The van der Waals surface area contributed by atoms with E-state index in [0.717, 1.165) is 0 Å². The van der Waals surface area contributed by atoms with Gasteiger partial charge in [0.25, 0.3) is 0 Å². The Hall–Kier alpha value is -1.20. The standard InChI is InChI=1S/C12H14ClNO/c1-8(2)9(3)15-12-5-4-11(13)6-10(12)7-14/h4-6,8-9H,1-3H3. The molecule has 0 spiro atoms. The van der Waals surface area contributed by atoms with E-state index in [1.54, 1.807) is 18.2 Å². The molecule has 80 valence electrons. The van der Waals surface area contributed by atoms with E-state index in [1.165, 1.54) is 0 Å². The van der Waals surface area contributed by atoms with Gasteiger partial charge in [-0.05, 0) is 31.0 Å². The number of nitriles is 1. The SMILES string of the molecule is CC(C)C(C)Oc1ccc(Cl)cc1C#N. The lowest BCUT2D eigenvalue weighted by Crippen LogP contribution is -2.19. The summed E-state index contributed by atoms with van der Waals surface area (Å²) in [5.74, 6) is 1.01. The fourth-order valence-corrected chi connectivity index (χ4v) is 1.20. The molecule has 0 heterocycles. The Labute approximate surface area is 95.4 Å². The molecule has 0 aliphatic carbocycles. The fraction of sp³-hybridized carbons (Fsp3) is 0.417. The Morgan fingerprint density at radius 3 is 2.53 bits per heavy atom. The quantitative estimate of drug-likeness (QED) is 0.784. The molecular formula is C12H14ClNO. The highest BCUT2D eigenvalue weighted by atomic mass is 35.5. The van der Waals surface area contributed by atoms with E-state index >= 15 is 0 Å². The van der Waals surface area contributed by atoms with Crippen molar-refractivity contribution in [2.45, 2.75) is 26.9 Å². The molecule has 0 amide bonds. The second-order valence-electron chi connectivity index (χ2n) is 3.82. The minimum absolute atomic E-state index is 0.0817. The summed E-state index contributed by atoms with van der Waals surface area (Å²) in [6, 6.07) is 7.15. The number of ether oxygens (including phenoxy) is 1. The average Bonchev–Trinajstić information content (AvgIpc) is 2.20. The second-order valence-corrected chi connectivity index (χ2v) is 4.26. The van der Waals surface area contributed by atoms with Gasteiger partial charge in [-0.3, -0.25) is 0 Å². The second kappa shape index (κ2) is 5.04. The first-order chi connectivity index (χ1) is 7.04. The van der Waals surface area contributed by atoms with Crippen LogP contribution >= 0.6 is 11.6 Å². The molecule has 1 aromatic carbocycles. The van der Waals surface area contributed by atoms with Crippen LogP contribution in [0.4, 0.5) is 0 Å². The van der Waals surface area contributed by atoms with Crippen molar-refractivity contribution in [1.29, 1.82) is 5.26 Å². The first kappa shape index (κ1) is 11.9. The van der Waals surface area contributed by atoms with Crippen LogP contribution in [0.15, 0.2) is 18.2 Å². The van der Waals surface area contributed by atoms with Crippen molar-refractivity contribution < 1.29 is 4.74 Å². The van der Waals surface area contributed by atoms with E-state index in [-0.39, 0.29) is 6.10 Å². The van der Waals surface area contributed by atoms with Gasteiger partial charge >= 0.3 is 0 Å². The van der Waals surface area contributed by atoms with Gasteiger partial charge in [0.2, 0.25) is 0 Å². The molecule has 0 fully saturated rings. The van der Waals surface area contributed by atoms with Crippen LogP contribution < -0.4 is 4.74 Å². The van der Waals surface area contributed by atoms with Crippen molar-refractivity contribution >= 4 is 11.6 Å². The molecule has 0 saturated carbocycles. The molecule has 1 rings (SSSR count). The molecule has 0 N–H and O–H groups in total. The maximum absolute atomic E-state index is 8.91. The molecule has 3 heteroatoms. The van der Waals surface area contributed by atoms with Crippen LogP contribution in [-0.4, -0.2) is 6.10 Å². The summed E-state index contributed by atoms with van der Waals surface area (Å²) >= 11 is 5.79. The summed E-state index contributed by atoms with van der Waals surface area (Å²) in [5.41, 5.74) is 0.481. The number of hydrogen-bond donors (Lipinski definition) is 0. The third-order valence-corrected chi connectivity index (χ3v) is 2.55. The molecule has 0 aliphatic rings. The number of nitrogens with zero attached hydrogens (tertiary/aromatic N) is 1. The number of halogens is 1. The molecule has 2 nitrogen and oxygen atoms in total. The van der Waals surface area contributed by atoms with Crippen molar-refractivity contribution in [2.24, 2.45) is 5.92 Å². The largest absolute Gasteiger partial charge is 0.489 e. The monoisotopic (exact) mass is 223 g/mol. The summed E-state index contributed by atoms with van der Waals surface area (Å²) in [6.45, 7) is 6.14. The van der Waals surface area contributed by atoms with Crippen molar-refractivity contribution in [2.75, 3.05) is 0 Å². The van der Waals surface area contributed by atoms with Crippen LogP contribution in [0, 0.1) is 17.2 Å². The van der Waals surface area contributed by atoms with Gasteiger partial charge < -0.3 is 4.74 Å². The lowest BCUT2D eigenvalue weighted by Gasteiger charge is -2.18. The first-order valence-electron chi connectivity index (χ1n) is 4.91. The van der Waals surface area contributed by atoms with Gasteiger partial charge in [0.1, 0.15) is 11.8 Å². The Morgan fingerprint density at radius 2 is 2.00 bits per heavy atom. The zero-order chi connectivity index (χ0) is 11.4. The number of benzene rings is 1. The van der Waals surface area contributed by atoms with Crippen molar-refractivity contribution in [3.63, 3.8) is 0 Å². The summed E-state index contributed by atoms with van der Waals surface area (Å²) in [4.78, 5) is 0. The van der Waals surface area contributed by atoms with Crippen LogP contribution in [0.25, 0.3) is 0 Å². The third-order valence-electron chi connectivity index (χ3n) is 2.31. The zero-order valence-electron chi connectivity index (χ0n) is 9.12. The van der Waals surface area contributed by atoms with E-state index < -0.39 is 0 Å². The molecule has 0 aliphatic heterocycles. The molecule has 0 radical (unpaired) electrons. The minimum atomic E-state index is 0.0817. The van der Waals surface area contributed by atoms with Gasteiger partial charge in [0.05, 0.1) is 11.7 Å². The highest BCUT2D eigenvalue weighted by Gasteiger charge is 2.11. The van der Waals surface area contributed by atoms with Gasteiger partial charge in [-0.25, -0.2) is 0 Å². The molecule has 1 unspecified atom stereocenters. The maximum atomic E-state index is 8.91. The molecule has 0 bridgehead atoms. The first-order valence-corrected chi connectivity index (χ1v) is 5.28. The summed E-state index contributed by atoms with van der Waals surface area (Å²) < 4.78 is 5.67. The van der Waals surface area contributed by atoms with Crippen LogP contribution in [0.5, 0.6) is 5.75 Å². The highest BCUT2D eigenvalue weighted by Crippen LogP contribution is 2.24. The normalized spacial score (nSPS) is 12.3. The van der Waals surface area contributed by atoms with Gasteiger partial charge in [-0.15, -0.1) is 0 Å². The topological polar surface area (TPSA) is 33.0 Å². The van der Waals surface area contributed by atoms with Crippen LogP contribution in [0.1, 0.15) is 26.3 Å². The lowest BCUT2D eigenvalue weighted by atomic mass is 10.1. The molecule has 15 heavy (non-hydrogen) atoms. The lowest BCUT2D eigenvalue weighted by molar-refractivity contribution is 0.170. The summed E-state index contributed by atoms with van der Waals surface area (Å²) in [7, 11) is 0. The van der Waals surface area contributed by atoms with Crippen LogP contribution in [0.3, 0.4) is 0 Å². The molecular weight excluding hydrogens is 210 g/mol. The van der Waals surface area contributed by atoms with Crippen LogP contribution in [-0.2, 0) is 0 Å². The van der Waals surface area contributed by atoms with Gasteiger partial charge in [-0.1, -0.05) is 25.4 Å². The van der Waals surface area contributed by atoms with E-state index in [0.29, 0.717) is 22.3 Å². The molecule has 0 aromatic heterocycles. The zero-order valence-corrected chi connectivity index (χ0v) is 9.88. The van der Waals surface area contributed by atoms with Crippen LogP contribution in [0.2, 0.25) is 5.02 Å². The average molecular weight is 224 g/mol. The van der Waals surface area contributed by atoms with Crippen molar-refractivity contribution in [3.05, 3.63) is 28.8 Å². The predicted octanol–water partition coefficient (Wildman–Crippen LogP) is 3.63. The Kier molecular flexibility index (Phi) is 3.99.